The molecule has 0 amide bonds. The quantitative estimate of drug-likeness (QED) is 0.362. The van der Waals surface area contributed by atoms with Crippen molar-refractivity contribution in [3.8, 4) is 0 Å². The lowest BCUT2D eigenvalue weighted by atomic mass is 10.1. The molecule has 4 nitrogen and oxygen atoms in total. The maximum absolute atomic E-state index is 12.3. The highest BCUT2D eigenvalue weighted by Crippen LogP contribution is 2.13. The first-order valence-corrected chi connectivity index (χ1v) is 9.82. The van der Waals surface area contributed by atoms with Gasteiger partial charge in [0.1, 0.15) is 12.4 Å². The van der Waals surface area contributed by atoms with Gasteiger partial charge in [-0.2, -0.15) is 0 Å². The number of benzene rings is 3. The Hall–Kier alpha value is -3.66. The molecule has 0 radical (unpaired) electrons. The summed E-state index contributed by atoms with van der Waals surface area (Å²) >= 11 is 0. The third-order valence-electron chi connectivity index (χ3n) is 4.53. The van der Waals surface area contributed by atoms with Crippen molar-refractivity contribution in [3.63, 3.8) is 0 Å². The van der Waals surface area contributed by atoms with Gasteiger partial charge in [-0.1, -0.05) is 79.4 Å². The summed E-state index contributed by atoms with van der Waals surface area (Å²) in [6, 6.07) is 26.3. The summed E-state index contributed by atoms with van der Waals surface area (Å²) in [5.41, 5.74) is 3.36. The molecule has 3 aromatic carbocycles. The zero-order valence-electron chi connectivity index (χ0n) is 16.8. The zero-order valence-corrected chi connectivity index (χ0v) is 16.8. The second-order valence-corrected chi connectivity index (χ2v) is 6.93. The van der Waals surface area contributed by atoms with Gasteiger partial charge < -0.3 is 9.47 Å². The van der Waals surface area contributed by atoms with E-state index in [9.17, 15) is 9.59 Å². The van der Waals surface area contributed by atoms with Crippen molar-refractivity contribution in [2.45, 2.75) is 25.9 Å². The average Bonchev–Trinajstić information content (AvgIpc) is 2.78. The molecule has 152 valence electrons. The summed E-state index contributed by atoms with van der Waals surface area (Å²) in [7, 11) is 0. The summed E-state index contributed by atoms with van der Waals surface area (Å²) in [6.45, 7) is 3.99. The Balaban J connectivity index is 1.43. The van der Waals surface area contributed by atoms with Crippen LogP contribution in [0.3, 0.4) is 0 Å². The molecule has 0 atom stereocenters. The summed E-state index contributed by atoms with van der Waals surface area (Å²) < 4.78 is 10.6. The second-order valence-electron chi connectivity index (χ2n) is 6.93. The average molecular weight is 400 g/mol. The van der Waals surface area contributed by atoms with Crippen LogP contribution in [0, 0.1) is 0 Å². The van der Waals surface area contributed by atoms with Gasteiger partial charge in [-0.15, -0.1) is 0 Å². The van der Waals surface area contributed by atoms with E-state index in [4.69, 9.17) is 9.47 Å². The second kappa shape index (κ2) is 10.8. The molecule has 0 saturated carbocycles. The number of carbonyl (C=O) groups excluding carboxylic acids is 2. The Kier molecular flexibility index (Phi) is 7.56. The number of hydrogen-bond acceptors (Lipinski definition) is 4. The van der Waals surface area contributed by atoms with Crippen LogP contribution in [0.25, 0.3) is 0 Å². The van der Waals surface area contributed by atoms with Gasteiger partial charge in [-0.25, -0.2) is 4.79 Å². The molecule has 0 heterocycles. The molecule has 0 unspecified atom stereocenters. The van der Waals surface area contributed by atoms with E-state index in [1.165, 1.54) is 0 Å². The molecule has 0 bridgehead atoms. The fourth-order valence-corrected chi connectivity index (χ4v) is 2.91. The molecule has 3 rings (SSSR count). The highest BCUT2D eigenvalue weighted by Gasteiger charge is 2.10. The first-order valence-electron chi connectivity index (χ1n) is 9.82. The van der Waals surface area contributed by atoms with Crippen molar-refractivity contribution in [2.75, 3.05) is 0 Å². The molecule has 0 aliphatic heterocycles. The van der Waals surface area contributed by atoms with Crippen molar-refractivity contribution in [2.24, 2.45) is 0 Å². The molecule has 0 spiro atoms. The van der Waals surface area contributed by atoms with Crippen LogP contribution in [0.15, 0.2) is 97.3 Å². The van der Waals surface area contributed by atoms with Crippen LogP contribution in [-0.2, 0) is 33.7 Å². The topological polar surface area (TPSA) is 52.6 Å². The summed E-state index contributed by atoms with van der Waals surface area (Å²) in [6.07, 6.45) is 1.46. The minimum absolute atomic E-state index is 0.170. The molecule has 30 heavy (non-hydrogen) atoms. The Labute approximate surface area is 176 Å². The van der Waals surface area contributed by atoms with Crippen LogP contribution in [0.2, 0.25) is 0 Å². The van der Waals surface area contributed by atoms with Gasteiger partial charge >= 0.3 is 11.9 Å². The first-order chi connectivity index (χ1) is 14.6. The molecule has 0 aliphatic rings. The van der Waals surface area contributed by atoms with Gasteiger partial charge in [0.2, 0.25) is 0 Å². The standard InChI is InChI=1S/C26H24O4/c1-20(18-22-10-6-3-7-11-22)30-26(28)24-15-12-23(13-16-24)19-29-25(27)17-14-21-8-4-2-5-9-21/h2-13,15-16H,1,14,17-19H2. The Bertz CT molecular complexity index is 977. The van der Waals surface area contributed by atoms with Crippen molar-refractivity contribution in [1.82, 2.24) is 0 Å². The minimum atomic E-state index is -0.456. The minimum Gasteiger partial charge on any atom is -0.461 e. The first kappa shape index (κ1) is 21.1. The van der Waals surface area contributed by atoms with Crippen LogP contribution in [0.4, 0.5) is 0 Å². The van der Waals surface area contributed by atoms with Crippen LogP contribution >= 0.6 is 0 Å². The number of allylic oxidation sites excluding steroid dienone is 1. The van der Waals surface area contributed by atoms with Crippen molar-refractivity contribution >= 4 is 11.9 Å². The normalized spacial score (nSPS) is 10.3. The fraction of sp³-hybridized carbons (Fsp3) is 0.154. The van der Waals surface area contributed by atoms with E-state index in [1.54, 1.807) is 24.3 Å². The molecule has 0 N–H and O–H groups in total. The van der Waals surface area contributed by atoms with Crippen molar-refractivity contribution < 1.29 is 19.1 Å². The van der Waals surface area contributed by atoms with Gasteiger partial charge in [-0.3, -0.25) is 4.79 Å². The summed E-state index contributed by atoms with van der Waals surface area (Å²) in [4.78, 5) is 24.2. The van der Waals surface area contributed by atoms with Crippen LogP contribution in [-0.4, -0.2) is 11.9 Å². The smallest absolute Gasteiger partial charge is 0.343 e. The molecule has 0 fully saturated rings. The third kappa shape index (κ3) is 6.74. The highest BCUT2D eigenvalue weighted by atomic mass is 16.5. The number of hydrogen-bond donors (Lipinski definition) is 0. The molecule has 0 aromatic heterocycles. The van der Waals surface area contributed by atoms with E-state index in [0.29, 0.717) is 30.6 Å². The molecule has 3 aromatic rings. The van der Waals surface area contributed by atoms with E-state index >= 15 is 0 Å². The number of esters is 2. The number of rotatable bonds is 9. The summed E-state index contributed by atoms with van der Waals surface area (Å²) in [5, 5.41) is 0. The number of ether oxygens (including phenoxy) is 2. The lowest BCUT2D eigenvalue weighted by Gasteiger charge is -2.09. The predicted octanol–water partition coefficient (Wildman–Crippen LogP) is 5.28. The van der Waals surface area contributed by atoms with E-state index < -0.39 is 5.97 Å². The summed E-state index contributed by atoms with van der Waals surface area (Å²) in [5.74, 6) is -0.315. The molecular weight excluding hydrogens is 376 g/mol. The Morgan fingerprint density at radius 1 is 0.733 bits per heavy atom. The zero-order chi connectivity index (χ0) is 21.2. The fourth-order valence-electron chi connectivity index (χ4n) is 2.91. The Morgan fingerprint density at radius 2 is 1.33 bits per heavy atom. The number of aryl methyl sites for hydroxylation is 1. The van der Waals surface area contributed by atoms with Gasteiger partial charge in [0.15, 0.2) is 0 Å². The van der Waals surface area contributed by atoms with Gasteiger partial charge in [0, 0.05) is 12.8 Å². The van der Waals surface area contributed by atoms with Crippen LogP contribution in [0.1, 0.15) is 33.5 Å². The van der Waals surface area contributed by atoms with Crippen molar-refractivity contribution in [3.05, 3.63) is 120 Å². The maximum Gasteiger partial charge on any atom is 0.343 e. The van der Waals surface area contributed by atoms with E-state index in [1.807, 2.05) is 60.7 Å². The predicted molar refractivity (Wildman–Crippen MR) is 116 cm³/mol. The van der Waals surface area contributed by atoms with E-state index in [2.05, 4.69) is 6.58 Å². The molecular formula is C26H24O4. The lowest BCUT2D eigenvalue weighted by molar-refractivity contribution is -0.144. The molecule has 0 aliphatic carbocycles. The third-order valence-corrected chi connectivity index (χ3v) is 4.53. The van der Waals surface area contributed by atoms with E-state index in [-0.39, 0.29) is 12.6 Å². The van der Waals surface area contributed by atoms with Gasteiger partial charge in [0.25, 0.3) is 0 Å². The monoisotopic (exact) mass is 400 g/mol. The van der Waals surface area contributed by atoms with Gasteiger partial charge in [0.05, 0.1) is 5.56 Å². The largest absolute Gasteiger partial charge is 0.461 e. The molecule has 0 saturated heterocycles. The van der Waals surface area contributed by atoms with Crippen LogP contribution in [0.5, 0.6) is 0 Å². The van der Waals surface area contributed by atoms with Gasteiger partial charge in [-0.05, 0) is 35.2 Å². The van der Waals surface area contributed by atoms with Crippen molar-refractivity contribution in [1.29, 1.82) is 0 Å². The molecule has 4 heteroatoms. The lowest BCUT2D eigenvalue weighted by Crippen LogP contribution is -2.07. The number of carbonyl (C=O) groups is 2. The van der Waals surface area contributed by atoms with Crippen LogP contribution < -0.4 is 0 Å². The maximum atomic E-state index is 12.3. The SMILES string of the molecule is C=C(Cc1ccccc1)OC(=O)c1ccc(COC(=O)CCc2ccccc2)cc1. The Morgan fingerprint density at radius 3 is 1.97 bits per heavy atom. The highest BCUT2D eigenvalue weighted by molar-refractivity contribution is 5.90. The van der Waals surface area contributed by atoms with E-state index in [0.717, 1.165) is 16.7 Å².